The van der Waals surface area contributed by atoms with E-state index in [-0.39, 0.29) is 18.5 Å². The molecule has 3 atom stereocenters. The van der Waals surface area contributed by atoms with Crippen LogP contribution in [-0.4, -0.2) is 29.7 Å². The van der Waals surface area contributed by atoms with Gasteiger partial charge in [-0.05, 0) is 12.8 Å². The van der Waals surface area contributed by atoms with Gasteiger partial charge < -0.3 is 16.2 Å². The van der Waals surface area contributed by atoms with Gasteiger partial charge in [0, 0.05) is 12.6 Å². The normalized spacial score (nSPS) is 27.8. The molecule has 0 heterocycles. The average molecular weight is 225 g/mol. The van der Waals surface area contributed by atoms with Crippen LogP contribution < -0.4 is 11.1 Å². The third kappa shape index (κ3) is 3.80. The molecule has 4 N–H and O–H groups in total. The van der Waals surface area contributed by atoms with Gasteiger partial charge in [-0.3, -0.25) is 4.79 Å². The maximum Gasteiger partial charge on any atom is 0.247 e. The Bertz CT molecular complexity index is 275. The second-order valence-electron chi connectivity index (χ2n) is 4.31. The summed E-state index contributed by atoms with van der Waals surface area (Å²) in [4.78, 5) is 10.7. The zero-order chi connectivity index (χ0) is 12.0. The Kier molecular flexibility index (Phi) is 5.23. The summed E-state index contributed by atoms with van der Waals surface area (Å²) < 4.78 is 0. The number of aliphatic hydroxyl groups excluding tert-OH is 1. The van der Waals surface area contributed by atoms with E-state index in [1.54, 1.807) is 0 Å². The van der Waals surface area contributed by atoms with E-state index in [1.807, 2.05) is 0 Å². The molecule has 16 heavy (non-hydrogen) atoms. The molecular formula is C11H19N3O2. The molecule has 90 valence electrons. The molecule has 3 unspecified atom stereocenters. The number of nitrogens with one attached hydrogen (secondary N) is 1. The second-order valence-corrected chi connectivity index (χ2v) is 4.31. The Morgan fingerprint density at radius 1 is 1.50 bits per heavy atom. The molecule has 0 radical (unpaired) electrons. The lowest BCUT2D eigenvalue weighted by molar-refractivity contribution is -0.125. The van der Waals surface area contributed by atoms with Gasteiger partial charge in [-0.25, -0.2) is 0 Å². The summed E-state index contributed by atoms with van der Waals surface area (Å²) in [5.74, 6) is -0.753. The molecule has 1 aliphatic rings. The predicted octanol–water partition coefficient (Wildman–Crippen LogP) is -0.105. The number of hydrogen-bond donors (Lipinski definition) is 3. The lowest BCUT2D eigenvalue weighted by Crippen LogP contribution is -2.44. The highest BCUT2D eigenvalue weighted by molar-refractivity contribution is 5.78. The summed E-state index contributed by atoms with van der Waals surface area (Å²) in [6.07, 6.45) is 3.96. The first kappa shape index (κ1) is 12.9. The fourth-order valence-electron chi connectivity index (χ4n) is 2.07. The van der Waals surface area contributed by atoms with Gasteiger partial charge in [-0.2, -0.15) is 5.26 Å². The van der Waals surface area contributed by atoms with Crippen molar-refractivity contribution in [1.82, 2.24) is 5.32 Å². The molecule has 5 nitrogen and oxygen atoms in total. The fourth-order valence-corrected chi connectivity index (χ4v) is 2.07. The van der Waals surface area contributed by atoms with Crippen LogP contribution in [0.3, 0.4) is 0 Å². The quantitative estimate of drug-likeness (QED) is 0.581. The Labute approximate surface area is 95.6 Å². The minimum absolute atomic E-state index is 0.0254. The number of carbonyl (C=O) groups excluding carboxylic acids is 1. The van der Waals surface area contributed by atoms with Crippen molar-refractivity contribution < 1.29 is 9.90 Å². The first-order valence-electron chi connectivity index (χ1n) is 5.75. The van der Waals surface area contributed by atoms with E-state index < -0.39 is 12.0 Å². The van der Waals surface area contributed by atoms with Gasteiger partial charge in [0.05, 0.1) is 12.0 Å². The van der Waals surface area contributed by atoms with E-state index in [0.29, 0.717) is 0 Å². The third-order valence-electron chi connectivity index (χ3n) is 3.08. The van der Waals surface area contributed by atoms with Gasteiger partial charge in [-0.1, -0.05) is 19.3 Å². The largest absolute Gasteiger partial charge is 0.382 e. The molecule has 5 heteroatoms. The molecule has 1 amide bonds. The topological polar surface area (TPSA) is 99.1 Å². The minimum Gasteiger partial charge on any atom is -0.382 e. The fraction of sp³-hybridized carbons (Fsp3) is 0.818. The number of primary amides is 1. The van der Waals surface area contributed by atoms with Crippen LogP contribution in [0.1, 0.15) is 32.1 Å². The highest BCUT2D eigenvalue weighted by atomic mass is 16.3. The van der Waals surface area contributed by atoms with Gasteiger partial charge in [0.2, 0.25) is 5.91 Å². The molecule has 0 aromatic carbocycles. The van der Waals surface area contributed by atoms with Crippen LogP contribution in [0.2, 0.25) is 0 Å². The summed E-state index contributed by atoms with van der Waals surface area (Å²) in [6, 6.07) is 2.36. The van der Waals surface area contributed by atoms with Crippen LogP contribution in [0.25, 0.3) is 0 Å². The van der Waals surface area contributed by atoms with Crippen LogP contribution in [0.5, 0.6) is 0 Å². The number of aliphatic hydroxyl groups is 1. The highest BCUT2D eigenvalue weighted by Crippen LogP contribution is 2.22. The van der Waals surface area contributed by atoms with E-state index in [0.717, 1.165) is 32.1 Å². The van der Waals surface area contributed by atoms with Gasteiger partial charge in [-0.15, -0.1) is 0 Å². The Hall–Kier alpha value is -1.12. The molecule has 0 saturated heterocycles. The zero-order valence-electron chi connectivity index (χ0n) is 9.35. The Morgan fingerprint density at radius 3 is 2.81 bits per heavy atom. The Balaban J connectivity index is 2.43. The molecule has 1 aliphatic carbocycles. The summed E-state index contributed by atoms with van der Waals surface area (Å²) >= 11 is 0. The standard InChI is InChI=1S/C11H19N3O2/c12-6-8-4-2-1-3-5-9(8)14-7-10(15)11(13)16/h8-10,14-15H,1-5,7H2,(H2,13,16). The molecule has 0 aliphatic heterocycles. The van der Waals surface area contributed by atoms with Gasteiger partial charge in [0.1, 0.15) is 6.10 Å². The summed E-state index contributed by atoms with van der Waals surface area (Å²) in [5, 5.41) is 21.4. The Morgan fingerprint density at radius 2 is 2.19 bits per heavy atom. The van der Waals surface area contributed by atoms with Crippen LogP contribution in [0, 0.1) is 17.2 Å². The van der Waals surface area contributed by atoms with Gasteiger partial charge in [0.25, 0.3) is 0 Å². The van der Waals surface area contributed by atoms with Crippen molar-refractivity contribution in [2.75, 3.05) is 6.54 Å². The molecule has 0 bridgehead atoms. The van der Waals surface area contributed by atoms with Crippen molar-refractivity contribution in [3.05, 3.63) is 0 Å². The first-order valence-corrected chi connectivity index (χ1v) is 5.75. The molecular weight excluding hydrogens is 206 g/mol. The number of nitrogens with two attached hydrogens (primary N) is 1. The van der Waals surface area contributed by atoms with Crippen molar-refractivity contribution in [2.24, 2.45) is 11.7 Å². The van der Waals surface area contributed by atoms with Gasteiger partial charge in [0.15, 0.2) is 0 Å². The van der Waals surface area contributed by atoms with Crippen molar-refractivity contribution >= 4 is 5.91 Å². The molecule has 1 fully saturated rings. The van der Waals surface area contributed by atoms with Crippen molar-refractivity contribution in [2.45, 2.75) is 44.2 Å². The van der Waals surface area contributed by atoms with Crippen LogP contribution in [0.15, 0.2) is 0 Å². The molecule has 0 aromatic rings. The number of nitrogens with zero attached hydrogens (tertiary/aromatic N) is 1. The summed E-state index contributed by atoms with van der Waals surface area (Å²) in [5.41, 5.74) is 4.96. The molecule has 1 rings (SSSR count). The lowest BCUT2D eigenvalue weighted by atomic mass is 9.96. The zero-order valence-corrected chi connectivity index (χ0v) is 9.35. The number of nitriles is 1. The summed E-state index contributed by atoms with van der Waals surface area (Å²) in [7, 11) is 0. The van der Waals surface area contributed by atoms with Crippen LogP contribution >= 0.6 is 0 Å². The van der Waals surface area contributed by atoms with E-state index in [1.165, 1.54) is 0 Å². The summed E-state index contributed by atoms with van der Waals surface area (Å²) in [6.45, 7) is 0.137. The smallest absolute Gasteiger partial charge is 0.247 e. The van der Waals surface area contributed by atoms with Crippen molar-refractivity contribution in [3.63, 3.8) is 0 Å². The van der Waals surface area contributed by atoms with Gasteiger partial charge >= 0.3 is 0 Å². The van der Waals surface area contributed by atoms with E-state index in [4.69, 9.17) is 11.0 Å². The van der Waals surface area contributed by atoms with Crippen molar-refractivity contribution in [1.29, 1.82) is 5.26 Å². The van der Waals surface area contributed by atoms with E-state index in [9.17, 15) is 9.90 Å². The maximum absolute atomic E-state index is 10.7. The van der Waals surface area contributed by atoms with Crippen LogP contribution in [0.4, 0.5) is 0 Å². The maximum atomic E-state index is 10.7. The minimum atomic E-state index is -1.16. The molecule has 0 aromatic heterocycles. The van der Waals surface area contributed by atoms with E-state index >= 15 is 0 Å². The number of rotatable bonds is 4. The highest BCUT2D eigenvalue weighted by Gasteiger charge is 2.24. The number of hydrogen-bond acceptors (Lipinski definition) is 4. The predicted molar refractivity (Wildman–Crippen MR) is 59.2 cm³/mol. The first-order chi connectivity index (χ1) is 7.65. The number of amides is 1. The second kappa shape index (κ2) is 6.46. The number of carbonyl (C=O) groups is 1. The van der Waals surface area contributed by atoms with Crippen molar-refractivity contribution in [3.8, 4) is 6.07 Å². The average Bonchev–Trinajstić information content (AvgIpc) is 2.50. The molecule has 0 spiro atoms. The lowest BCUT2D eigenvalue weighted by Gasteiger charge is -2.21. The SMILES string of the molecule is N#CC1CCCCCC1NCC(O)C(N)=O. The molecule has 1 saturated carbocycles. The monoisotopic (exact) mass is 225 g/mol. The third-order valence-corrected chi connectivity index (χ3v) is 3.08. The van der Waals surface area contributed by atoms with Crippen LogP contribution in [-0.2, 0) is 4.79 Å². The van der Waals surface area contributed by atoms with E-state index in [2.05, 4.69) is 11.4 Å².